The molecular weight excluding hydrogens is 232 g/mol. The van der Waals surface area contributed by atoms with Crippen molar-refractivity contribution in [3.63, 3.8) is 0 Å². The maximum Gasteiger partial charge on any atom is 0.0631 e. The first-order valence-electron chi connectivity index (χ1n) is 8.41. The van der Waals surface area contributed by atoms with E-state index in [1.807, 2.05) is 0 Å². The molecule has 0 aliphatic rings. The van der Waals surface area contributed by atoms with Gasteiger partial charge >= 0.3 is 0 Å². The average molecular weight is 271 g/mol. The number of ether oxygens (including phenoxy) is 1. The summed E-state index contributed by atoms with van der Waals surface area (Å²) in [5.41, 5.74) is 0.377. The van der Waals surface area contributed by atoms with E-state index in [2.05, 4.69) is 41.5 Å². The normalized spacial score (nSPS) is 12.9. The van der Waals surface area contributed by atoms with Crippen LogP contribution < -0.4 is 0 Å². The van der Waals surface area contributed by atoms with Crippen molar-refractivity contribution in [3.05, 3.63) is 0 Å². The second-order valence-corrected chi connectivity index (χ2v) is 7.82. The Kier molecular flexibility index (Phi) is 9.78. The molecule has 116 valence electrons. The molecular formula is C18H38O. The molecule has 0 aromatic carbocycles. The molecule has 1 nitrogen and oxygen atoms in total. The zero-order chi connectivity index (χ0) is 14.8. The lowest BCUT2D eigenvalue weighted by molar-refractivity contribution is -0.0445. The van der Waals surface area contributed by atoms with Crippen molar-refractivity contribution in [2.45, 2.75) is 105 Å². The van der Waals surface area contributed by atoms with Gasteiger partial charge in [-0.05, 0) is 32.1 Å². The summed E-state index contributed by atoms with van der Waals surface area (Å²) >= 11 is 0. The molecule has 0 saturated carbocycles. The quantitative estimate of drug-likeness (QED) is 0.397. The van der Waals surface area contributed by atoms with E-state index in [9.17, 15) is 0 Å². The molecule has 1 heteroatoms. The Labute approximate surface area is 122 Å². The van der Waals surface area contributed by atoms with Crippen LogP contribution in [-0.2, 0) is 4.74 Å². The monoisotopic (exact) mass is 270 g/mol. The van der Waals surface area contributed by atoms with Crippen LogP contribution in [0.2, 0.25) is 0 Å². The molecule has 0 aromatic heterocycles. The van der Waals surface area contributed by atoms with Gasteiger partial charge in [-0.25, -0.2) is 0 Å². The molecule has 0 spiro atoms. The topological polar surface area (TPSA) is 9.23 Å². The summed E-state index contributed by atoms with van der Waals surface area (Å²) in [7, 11) is 0. The van der Waals surface area contributed by atoms with E-state index in [4.69, 9.17) is 4.74 Å². The van der Waals surface area contributed by atoms with Crippen molar-refractivity contribution in [1.82, 2.24) is 0 Å². The highest BCUT2D eigenvalue weighted by Gasteiger charge is 2.25. The predicted octanol–water partition coefficient (Wildman–Crippen LogP) is 6.36. The van der Waals surface area contributed by atoms with Gasteiger partial charge in [-0.3, -0.25) is 0 Å². The third-order valence-corrected chi connectivity index (χ3v) is 3.45. The van der Waals surface area contributed by atoms with E-state index in [1.54, 1.807) is 0 Å². The molecule has 0 N–H and O–H groups in total. The van der Waals surface area contributed by atoms with Crippen LogP contribution in [0.15, 0.2) is 0 Å². The average Bonchev–Trinajstić information content (AvgIpc) is 2.23. The van der Waals surface area contributed by atoms with Gasteiger partial charge in [0.1, 0.15) is 0 Å². The third kappa shape index (κ3) is 14.2. The minimum atomic E-state index is 0.0272. The molecule has 19 heavy (non-hydrogen) atoms. The van der Waals surface area contributed by atoms with E-state index in [-0.39, 0.29) is 5.60 Å². The third-order valence-electron chi connectivity index (χ3n) is 3.45. The van der Waals surface area contributed by atoms with Gasteiger partial charge in [-0.2, -0.15) is 0 Å². The molecule has 0 bridgehead atoms. The fourth-order valence-corrected chi connectivity index (χ4v) is 2.91. The second-order valence-electron chi connectivity index (χ2n) is 7.82. The maximum atomic E-state index is 6.05. The van der Waals surface area contributed by atoms with Crippen LogP contribution >= 0.6 is 0 Å². The summed E-state index contributed by atoms with van der Waals surface area (Å²) in [6.45, 7) is 14.5. The number of hydrogen-bond donors (Lipinski definition) is 0. The van der Waals surface area contributed by atoms with E-state index in [0.29, 0.717) is 5.41 Å². The fourth-order valence-electron chi connectivity index (χ4n) is 2.91. The zero-order valence-corrected chi connectivity index (χ0v) is 14.5. The van der Waals surface area contributed by atoms with Crippen LogP contribution in [0, 0.1) is 5.41 Å². The van der Waals surface area contributed by atoms with Gasteiger partial charge in [0.05, 0.1) is 5.60 Å². The Morgan fingerprint density at radius 2 is 1.16 bits per heavy atom. The summed E-state index contributed by atoms with van der Waals surface area (Å²) in [4.78, 5) is 0. The zero-order valence-electron chi connectivity index (χ0n) is 14.5. The van der Waals surface area contributed by atoms with Crippen LogP contribution in [0.1, 0.15) is 99.3 Å². The van der Waals surface area contributed by atoms with Gasteiger partial charge in [0.15, 0.2) is 0 Å². The molecule has 0 aliphatic carbocycles. The lowest BCUT2D eigenvalue weighted by Crippen LogP contribution is -2.30. The van der Waals surface area contributed by atoms with Gasteiger partial charge in [-0.15, -0.1) is 0 Å². The fraction of sp³-hybridized carbons (Fsp3) is 1.00. The van der Waals surface area contributed by atoms with Crippen LogP contribution in [0.3, 0.4) is 0 Å². The molecule has 0 aromatic rings. The number of unbranched alkanes of at least 4 members (excludes halogenated alkanes) is 7. The van der Waals surface area contributed by atoms with Gasteiger partial charge in [0.2, 0.25) is 0 Å². The smallest absolute Gasteiger partial charge is 0.0631 e. The Hall–Kier alpha value is -0.0400. The summed E-state index contributed by atoms with van der Waals surface area (Å²) in [5.74, 6) is 0. The molecule has 0 fully saturated rings. The lowest BCUT2D eigenvalue weighted by Gasteiger charge is -2.32. The minimum Gasteiger partial charge on any atom is -0.376 e. The molecule has 0 heterocycles. The van der Waals surface area contributed by atoms with Crippen LogP contribution in [0.5, 0.6) is 0 Å². The van der Waals surface area contributed by atoms with E-state index < -0.39 is 0 Å². The van der Waals surface area contributed by atoms with Crippen LogP contribution in [-0.4, -0.2) is 12.2 Å². The summed E-state index contributed by atoms with van der Waals surface area (Å²) in [5, 5.41) is 0. The SMILES string of the molecule is CCCCCCCCCCOC(C)(C)CC(C)(C)C. The maximum absolute atomic E-state index is 6.05. The van der Waals surface area contributed by atoms with Crippen molar-refractivity contribution in [3.8, 4) is 0 Å². The minimum absolute atomic E-state index is 0.0272. The first-order valence-corrected chi connectivity index (χ1v) is 8.41. The molecule has 0 aliphatic heterocycles. The lowest BCUT2D eigenvalue weighted by atomic mass is 9.83. The van der Waals surface area contributed by atoms with Gasteiger partial charge in [0, 0.05) is 6.61 Å². The largest absolute Gasteiger partial charge is 0.376 e. The summed E-state index contributed by atoms with van der Waals surface area (Å²) < 4.78 is 6.05. The van der Waals surface area contributed by atoms with Gasteiger partial charge in [-0.1, -0.05) is 72.6 Å². The number of hydrogen-bond acceptors (Lipinski definition) is 1. The van der Waals surface area contributed by atoms with Crippen molar-refractivity contribution in [1.29, 1.82) is 0 Å². The second kappa shape index (κ2) is 9.80. The van der Waals surface area contributed by atoms with E-state index in [1.165, 1.54) is 51.4 Å². The summed E-state index contributed by atoms with van der Waals surface area (Å²) in [6, 6.07) is 0. The Morgan fingerprint density at radius 1 is 0.684 bits per heavy atom. The molecule has 0 amide bonds. The van der Waals surface area contributed by atoms with Crippen molar-refractivity contribution < 1.29 is 4.74 Å². The first-order chi connectivity index (χ1) is 8.77. The molecule has 0 rings (SSSR count). The van der Waals surface area contributed by atoms with Crippen molar-refractivity contribution >= 4 is 0 Å². The van der Waals surface area contributed by atoms with Gasteiger partial charge < -0.3 is 4.74 Å². The highest BCUT2D eigenvalue weighted by Crippen LogP contribution is 2.29. The van der Waals surface area contributed by atoms with Crippen molar-refractivity contribution in [2.75, 3.05) is 6.61 Å². The first kappa shape index (κ1) is 19.0. The standard InChI is InChI=1S/C18H38O/c1-7-8-9-10-11-12-13-14-15-19-18(5,6)16-17(2,3)4/h7-16H2,1-6H3. The highest BCUT2D eigenvalue weighted by molar-refractivity contribution is 4.76. The van der Waals surface area contributed by atoms with E-state index in [0.717, 1.165) is 13.0 Å². The number of rotatable bonds is 11. The molecule has 0 radical (unpaired) electrons. The Morgan fingerprint density at radius 3 is 1.63 bits per heavy atom. The van der Waals surface area contributed by atoms with Crippen LogP contribution in [0.25, 0.3) is 0 Å². The summed E-state index contributed by atoms with van der Waals surface area (Å²) in [6.07, 6.45) is 12.1. The molecule has 0 saturated heterocycles. The Bertz CT molecular complexity index is 200. The predicted molar refractivity (Wildman–Crippen MR) is 86.7 cm³/mol. The van der Waals surface area contributed by atoms with E-state index >= 15 is 0 Å². The van der Waals surface area contributed by atoms with Gasteiger partial charge in [0.25, 0.3) is 0 Å². The van der Waals surface area contributed by atoms with Crippen LogP contribution in [0.4, 0.5) is 0 Å². The molecule has 0 unspecified atom stereocenters. The van der Waals surface area contributed by atoms with Crippen molar-refractivity contribution in [2.24, 2.45) is 5.41 Å². The Balaban J connectivity index is 3.43. The highest BCUT2D eigenvalue weighted by atomic mass is 16.5. The molecule has 0 atom stereocenters.